The van der Waals surface area contributed by atoms with Gasteiger partial charge in [0.25, 0.3) is 0 Å². The number of hydrogen-bond acceptors (Lipinski definition) is 2. The molecule has 1 fully saturated rings. The summed E-state index contributed by atoms with van der Waals surface area (Å²) in [7, 11) is 1.85. The van der Waals surface area contributed by atoms with Gasteiger partial charge in [0.15, 0.2) is 0 Å². The molecule has 0 radical (unpaired) electrons. The van der Waals surface area contributed by atoms with E-state index in [9.17, 15) is 4.79 Å². The van der Waals surface area contributed by atoms with E-state index in [1.165, 1.54) is 0 Å². The molecule has 2 amide bonds. The van der Waals surface area contributed by atoms with Crippen molar-refractivity contribution in [3.63, 3.8) is 0 Å². The van der Waals surface area contributed by atoms with Crippen molar-refractivity contribution in [1.82, 2.24) is 10.2 Å². The van der Waals surface area contributed by atoms with Crippen LogP contribution in [-0.2, 0) is 0 Å². The molecule has 0 saturated heterocycles. The highest BCUT2D eigenvalue weighted by Crippen LogP contribution is 2.25. The molecule has 0 aromatic heterocycles. The van der Waals surface area contributed by atoms with Gasteiger partial charge in [-0.25, -0.2) is 4.79 Å². The quantitative estimate of drug-likeness (QED) is 0.678. The van der Waals surface area contributed by atoms with Gasteiger partial charge in [-0.1, -0.05) is 13.8 Å². The van der Waals surface area contributed by atoms with Gasteiger partial charge in [0.1, 0.15) is 0 Å². The molecule has 4 heteroatoms. The molecule has 16 heavy (non-hydrogen) atoms. The largest absolute Gasteiger partial charge is 0.396 e. The van der Waals surface area contributed by atoms with E-state index in [1.54, 1.807) is 4.90 Å². The summed E-state index contributed by atoms with van der Waals surface area (Å²) in [6.45, 7) is 4.96. The van der Waals surface area contributed by atoms with E-state index < -0.39 is 0 Å². The first kappa shape index (κ1) is 13.3. The number of nitrogens with zero attached hydrogens (tertiary/aromatic N) is 1. The molecular weight excluding hydrogens is 204 g/mol. The third-order valence-corrected chi connectivity index (χ3v) is 3.15. The van der Waals surface area contributed by atoms with Crippen molar-refractivity contribution in [2.75, 3.05) is 20.2 Å². The maximum Gasteiger partial charge on any atom is 0.317 e. The van der Waals surface area contributed by atoms with Crippen molar-refractivity contribution in [2.24, 2.45) is 5.41 Å². The Kier molecular flexibility index (Phi) is 4.59. The summed E-state index contributed by atoms with van der Waals surface area (Å²) >= 11 is 0. The number of carbonyl (C=O) groups excluding carboxylic acids is 1. The van der Waals surface area contributed by atoms with Crippen LogP contribution in [0.2, 0.25) is 0 Å². The molecule has 1 aliphatic carbocycles. The molecule has 1 aliphatic rings. The SMILES string of the molecule is CN(C(=O)NCCCC(C)(C)CO)C1CC1. The monoisotopic (exact) mass is 228 g/mol. The topological polar surface area (TPSA) is 52.6 Å². The Morgan fingerprint density at radius 1 is 1.50 bits per heavy atom. The molecular formula is C12H24N2O2. The Labute approximate surface area is 98.0 Å². The molecule has 1 rings (SSSR count). The Morgan fingerprint density at radius 3 is 2.62 bits per heavy atom. The minimum Gasteiger partial charge on any atom is -0.396 e. The summed E-state index contributed by atoms with van der Waals surface area (Å²) in [4.78, 5) is 13.4. The molecule has 2 N–H and O–H groups in total. The lowest BCUT2D eigenvalue weighted by Crippen LogP contribution is -2.39. The van der Waals surface area contributed by atoms with Gasteiger partial charge in [-0.15, -0.1) is 0 Å². The Morgan fingerprint density at radius 2 is 2.12 bits per heavy atom. The van der Waals surface area contributed by atoms with Crippen LogP contribution in [0.5, 0.6) is 0 Å². The lowest BCUT2D eigenvalue weighted by molar-refractivity contribution is 0.147. The van der Waals surface area contributed by atoms with Crippen LogP contribution in [0, 0.1) is 5.41 Å². The van der Waals surface area contributed by atoms with Gasteiger partial charge in [0.2, 0.25) is 0 Å². The van der Waals surface area contributed by atoms with Crippen LogP contribution < -0.4 is 5.32 Å². The van der Waals surface area contributed by atoms with Crippen molar-refractivity contribution in [3.8, 4) is 0 Å². The molecule has 0 unspecified atom stereocenters. The molecule has 0 aliphatic heterocycles. The average molecular weight is 228 g/mol. The molecule has 0 bridgehead atoms. The number of aliphatic hydroxyl groups is 1. The molecule has 0 aromatic rings. The second kappa shape index (κ2) is 5.53. The van der Waals surface area contributed by atoms with Gasteiger partial charge in [0, 0.05) is 26.2 Å². The molecule has 1 saturated carbocycles. The fourth-order valence-corrected chi connectivity index (χ4v) is 1.59. The van der Waals surface area contributed by atoms with Crippen LogP contribution in [-0.4, -0.2) is 42.3 Å². The predicted molar refractivity (Wildman–Crippen MR) is 64.3 cm³/mol. The van der Waals surface area contributed by atoms with E-state index in [1.807, 2.05) is 20.9 Å². The number of urea groups is 1. The Bertz CT molecular complexity index is 237. The van der Waals surface area contributed by atoms with Crippen LogP contribution in [0.4, 0.5) is 4.79 Å². The van der Waals surface area contributed by atoms with E-state index in [-0.39, 0.29) is 18.1 Å². The maximum absolute atomic E-state index is 11.6. The van der Waals surface area contributed by atoms with Gasteiger partial charge >= 0.3 is 6.03 Å². The molecule has 94 valence electrons. The smallest absolute Gasteiger partial charge is 0.317 e. The minimum absolute atomic E-state index is 0.0318. The van der Waals surface area contributed by atoms with E-state index in [0.717, 1.165) is 25.7 Å². The molecule has 0 atom stereocenters. The van der Waals surface area contributed by atoms with E-state index in [4.69, 9.17) is 5.11 Å². The normalized spacial score (nSPS) is 16.0. The standard InChI is InChI=1S/C12H24N2O2/c1-12(2,9-15)7-4-8-13-11(16)14(3)10-5-6-10/h10,15H,4-9H2,1-3H3,(H,13,16). The van der Waals surface area contributed by atoms with E-state index in [2.05, 4.69) is 5.32 Å². The fraction of sp³-hybridized carbons (Fsp3) is 0.917. The zero-order valence-electron chi connectivity index (χ0n) is 10.6. The first-order chi connectivity index (χ1) is 7.46. The number of amides is 2. The summed E-state index contributed by atoms with van der Waals surface area (Å²) in [6.07, 6.45) is 4.12. The minimum atomic E-state index is -0.0346. The number of nitrogens with one attached hydrogen (secondary N) is 1. The van der Waals surface area contributed by atoms with Crippen LogP contribution in [0.25, 0.3) is 0 Å². The predicted octanol–water partition coefficient (Wildman–Crippen LogP) is 1.59. The highest BCUT2D eigenvalue weighted by molar-refractivity contribution is 5.74. The fourth-order valence-electron chi connectivity index (χ4n) is 1.59. The summed E-state index contributed by atoms with van der Waals surface area (Å²) in [5.41, 5.74) is -0.0346. The lowest BCUT2D eigenvalue weighted by Gasteiger charge is -2.22. The van der Waals surface area contributed by atoms with Crippen molar-refractivity contribution in [1.29, 1.82) is 0 Å². The molecule has 4 nitrogen and oxygen atoms in total. The zero-order chi connectivity index (χ0) is 12.2. The first-order valence-electron chi connectivity index (χ1n) is 6.08. The summed E-state index contributed by atoms with van der Waals surface area (Å²) < 4.78 is 0. The zero-order valence-corrected chi connectivity index (χ0v) is 10.6. The van der Waals surface area contributed by atoms with Gasteiger partial charge < -0.3 is 15.3 Å². The average Bonchev–Trinajstić information content (AvgIpc) is 3.06. The second-order valence-electron chi connectivity index (χ2n) is 5.50. The first-order valence-corrected chi connectivity index (χ1v) is 6.08. The molecule has 0 spiro atoms. The second-order valence-corrected chi connectivity index (χ2v) is 5.50. The summed E-state index contributed by atoms with van der Waals surface area (Å²) in [6, 6.07) is 0.498. The van der Waals surface area contributed by atoms with Crippen LogP contribution in [0.3, 0.4) is 0 Å². The third kappa shape index (κ3) is 4.39. The van der Waals surface area contributed by atoms with Crippen LogP contribution in [0.15, 0.2) is 0 Å². The van der Waals surface area contributed by atoms with Crippen LogP contribution in [0.1, 0.15) is 39.5 Å². The van der Waals surface area contributed by atoms with Gasteiger partial charge in [-0.05, 0) is 31.1 Å². The van der Waals surface area contributed by atoms with Crippen molar-refractivity contribution in [3.05, 3.63) is 0 Å². The van der Waals surface area contributed by atoms with Crippen molar-refractivity contribution < 1.29 is 9.90 Å². The number of hydrogen-bond donors (Lipinski definition) is 2. The number of rotatable bonds is 6. The van der Waals surface area contributed by atoms with E-state index >= 15 is 0 Å². The molecule has 0 heterocycles. The Balaban J connectivity index is 2.08. The highest BCUT2D eigenvalue weighted by Gasteiger charge is 2.29. The summed E-state index contributed by atoms with van der Waals surface area (Å²) in [5.74, 6) is 0. The Hall–Kier alpha value is -0.770. The number of aliphatic hydroxyl groups excluding tert-OH is 1. The maximum atomic E-state index is 11.6. The van der Waals surface area contributed by atoms with Crippen molar-refractivity contribution in [2.45, 2.75) is 45.6 Å². The summed E-state index contributed by atoms with van der Waals surface area (Å²) in [5, 5.41) is 12.0. The number of carbonyl (C=O) groups is 1. The van der Waals surface area contributed by atoms with E-state index in [0.29, 0.717) is 12.6 Å². The van der Waals surface area contributed by atoms with Gasteiger partial charge in [0.05, 0.1) is 0 Å². The lowest BCUT2D eigenvalue weighted by atomic mass is 9.89. The van der Waals surface area contributed by atoms with Gasteiger partial charge in [-0.3, -0.25) is 0 Å². The van der Waals surface area contributed by atoms with Gasteiger partial charge in [-0.2, -0.15) is 0 Å². The highest BCUT2D eigenvalue weighted by atomic mass is 16.3. The molecule has 0 aromatic carbocycles. The van der Waals surface area contributed by atoms with Crippen LogP contribution >= 0.6 is 0 Å². The third-order valence-electron chi connectivity index (χ3n) is 3.15. The van der Waals surface area contributed by atoms with Crippen molar-refractivity contribution >= 4 is 6.03 Å².